The van der Waals surface area contributed by atoms with Gasteiger partial charge in [-0.05, 0) is 17.9 Å². The Labute approximate surface area is 95.1 Å². The summed E-state index contributed by atoms with van der Waals surface area (Å²) in [6.07, 6.45) is 2.84. The van der Waals surface area contributed by atoms with E-state index >= 15 is 0 Å². The zero-order valence-corrected chi connectivity index (χ0v) is 9.48. The first-order valence-electron chi connectivity index (χ1n) is 4.44. The van der Waals surface area contributed by atoms with Crippen molar-refractivity contribution in [2.24, 2.45) is 0 Å². The van der Waals surface area contributed by atoms with Crippen molar-refractivity contribution in [2.45, 2.75) is 12.8 Å². The van der Waals surface area contributed by atoms with Crippen molar-refractivity contribution in [1.82, 2.24) is 9.59 Å². The zero-order chi connectivity index (χ0) is 10.5. The van der Waals surface area contributed by atoms with E-state index in [1.165, 1.54) is 16.4 Å². The maximum Gasteiger partial charge on any atom is 0.225 e. The van der Waals surface area contributed by atoms with E-state index in [1.807, 2.05) is 17.5 Å². The summed E-state index contributed by atoms with van der Waals surface area (Å²) in [7, 11) is 0. The summed E-state index contributed by atoms with van der Waals surface area (Å²) in [6, 6.07) is 4.03. The molecule has 1 amide bonds. The van der Waals surface area contributed by atoms with Crippen LogP contribution in [0, 0.1) is 0 Å². The van der Waals surface area contributed by atoms with Gasteiger partial charge in [0.15, 0.2) is 0 Å². The molecule has 2 rings (SSSR count). The third-order valence-electron chi connectivity index (χ3n) is 1.80. The van der Waals surface area contributed by atoms with E-state index in [1.54, 1.807) is 17.5 Å². The van der Waals surface area contributed by atoms with Crippen LogP contribution < -0.4 is 5.32 Å². The fraction of sp³-hybridized carbons (Fsp3) is 0.222. The van der Waals surface area contributed by atoms with E-state index < -0.39 is 0 Å². The van der Waals surface area contributed by atoms with Crippen LogP contribution in [-0.2, 0) is 11.2 Å². The minimum Gasteiger partial charge on any atom is -0.315 e. The smallest absolute Gasteiger partial charge is 0.225 e. The third kappa shape index (κ3) is 3.10. The highest BCUT2D eigenvalue weighted by Gasteiger charge is 2.04. The fourth-order valence-corrected chi connectivity index (χ4v) is 2.26. The molecule has 0 bridgehead atoms. The lowest BCUT2D eigenvalue weighted by molar-refractivity contribution is -0.116. The van der Waals surface area contributed by atoms with Crippen molar-refractivity contribution >= 4 is 33.8 Å². The largest absolute Gasteiger partial charge is 0.315 e. The van der Waals surface area contributed by atoms with Crippen LogP contribution in [0.2, 0.25) is 0 Å². The molecule has 4 nitrogen and oxygen atoms in total. The molecule has 0 fully saturated rings. The summed E-state index contributed by atoms with van der Waals surface area (Å²) >= 11 is 2.85. The monoisotopic (exact) mass is 239 g/mol. The van der Waals surface area contributed by atoms with Crippen molar-refractivity contribution in [1.29, 1.82) is 0 Å². The van der Waals surface area contributed by atoms with Crippen molar-refractivity contribution in [2.75, 3.05) is 5.32 Å². The second-order valence-electron chi connectivity index (χ2n) is 2.91. The summed E-state index contributed by atoms with van der Waals surface area (Å²) in [6.45, 7) is 0. The fourth-order valence-electron chi connectivity index (χ4n) is 1.11. The topological polar surface area (TPSA) is 54.9 Å². The Morgan fingerprint density at radius 3 is 3.13 bits per heavy atom. The average molecular weight is 239 g/mol. The van der Waals surface area contributed by atoms with Crippen LogP contribution in [0.15, 0.2) is 23.7 Å². The maximum atomic E-state index is 11.5. The lowest BCUT2D eigenvalue weighted by Gasteiger charge is -1.99. The second-order valence-corrected chi connectivity index (χ2v) is 4.73. The number of amides is 1. The molecule has 2 heterocycles. The Morgan fingerprint density at radius 1 is 1.53 bits per heavy atom. The van der Waals surface area contributed by atoms with Gasteiger partial charge >= 0.3 is 0 Å². The maximum absolute atomic E-state index is 11.5. The van der Waals surface area contributed by atoms with Crippen molar-refractivity contribution < 1.29 is 4.79 Å². The van der Waals surface area contributed by atoms with Crippen LogP contribution in [0.25, 0.3) is 0 Å². The standard InChI is InChI=1S/C9H9N3OS2/c13-8(11-9-6-10-12-15-9)4-3-7-2-1-5-14-7/h1-2,5-6H,3-4H2,(H,11,13). The van der Waals surface area contributed by atoms with Gasteiger partial charge < -0.3 is 5.32 Å². The molecule has 0 aliphatic rings. The molecule has 0 aliphatic carbocycles. The number of nitrogens with one attached hydrogen (secondary N) is 1. The van der Waals surface area contributed by atoms with Crippen LogP contribution in [0.5, 0.6) is 0 Å². The van der Waals surface area contributed by atoms with Gasteiger partial charge in [0.25, 0.3) is 0 Å². The van der Waals surface area contributed by atoms with E-state index in [2.05, 4.69) is 14.9 Å². The third-order valence-corrected chi connectivity index (χ3v) is 3.32. The number of aromatic nitrogens is 2. The minimum atomic E-state index is 0.00875. The van der Waals surface area contributed by atoms with E-state index in [9.17, 15) is 4.79 Å². The van der Waals surface area contributed by atoms with Crippen LogP contribution in [0.4, 0.5) is 5.00 Å². The lowest BCUT2D eigenvalue weighted by atomic mass is 10.2. The minimum absolute atomic E-state index is 0.00875. The predicted molar refractivity (Wildman–Crippen MR) is 61.2 cm³/mol. The highest BCUT2D eigenvalue weighted by Crippen LogP contribution is 2.13. The quantitative estimate of drug-likeness (QED) is 0.889. The van der Waals surface area contributed by atoms with Gasteiger partial charge in [0.2, 0.25) is 5.91 Å². The van der Waals surface area contributed by atoms with E-state index in [0.29, 0.717) is 11.4 Å². The summed E-state index contributed by atoms with van der Waals surface area (Å²) in [5.41, 5.74) is 0. The molecule has 2 aromatic heterocycles. The van der Waals surface area contributed by atoms with Gasteiger partial charge in [0.1, 0.15) is 5.00 Å². The number of hydrogen-bond donors (Lipinski definition) is 1. The van der Waals surface area contributed by atoms with Gasteiger partial charge in [-0.15, -0.1) is 16.4 Å². The summed E-state index contributed by atoms with van der Waals surface area (Å²) in [5.74, 6) is 0.00875. The Bertz CT molecular complexity index is 411. The molecule has 0 saturated carbocycles. The van der Waals surface area contributed by atoms with E-state index in [0.717, 1.165) is 6.42 Å². The number of nitrogens with zero attached hydrogens (tertiary/aromatic N) is 2. The molecule has 6 heteroatoms. The SMILES string of the molecule is O=C(CCc1cccs1)Nc1cnns1. The van der Waals surface area contributed by atoms with Crippen molar-refractivity contribution in [3.05, 3.63) is 28.6 Å². The van der Waals surface area contributed by atoms with E-state index in [4.69, 9.17) is 0 Å². The molecular formula is C9H9N3OS2. The molecule has 1 N–H and O–H groups in total. The second kappa shape index (κ2) is 4.99. The predicted octanol–water partition coefficient (Wildman–Crippen LogP) is 2.17. The van der Waals surface area contributed by atoms with Crippen LogP contribution in [0.3, 0.4) is 0 Å². The molecule has 2 aromatic rings. The van der Waals surface area contributed by atoms with Crippen LogP contribution in [0.1, 0.15) is 11.3 Å². The Balaban J connectivity index is 1.78. The van der Waals surface area contributed by atoms with Gasteiger partial charge in [-0.3, -0.25) is 4.79 Å². The number of rotatable bonds is 4. The summed E-state index contributed by atoms with van der Waals surface area (Å²) in [4.78, 5) is 12.7. The number of anilines is 1. The first-order chi connectivity index (χ1) is 7.34. The molecule has 78 valence electrons. The molecule has 15 heavy (non-hydrogen) atoms. The van der Waals surface area contributed by atoms with Gasteiger partial charge in [-0.2, -0.15) is 0 Å². The molecule has 0 radical (unpaired) electrons. The van der Waals surface area contributed by atoms with Crippen LogP contribution in [-0.4, -0.2) is 15.5 Å². The Morgan fingerprint density at radius 2 is 2.47 bits per heavy atom. The Kier molecular flexibility index (Phi) is 3.41. The molecule has 0 aliphatic heterocycles. The highest BCUT2D eigenvalue weighted by molar-refractivity contribution is 7.10. The highest BCUT2D eigenvalue weighted by atomic mass is 32.1. The summed E-state index contributed by atoms with van der Waals surface area (Å²) in [5, 5.41) is 9.10. The van der Waals surface area contributed by atoms with Gasteiger partial charge in [0.05, 0.1) is 6.20 Å². The van der Waals surface area contributed by atoms with Gasteiger partial charge in [0, 0.05) is 22.8 Å². The molecular weight excluding hydrogens is 230 g/mol. The normalized spacial score (nSPS) is 10.1. The average Bonchev–Trinajstić information content (AvgIpc) is 2.86. The first-order valence-corrected chi connectivity index (χ1v) is 6.09. The van der Waals surface area contributed by atoms with E-state index in [-0.39, 0.29) is 5.91 Å². The summed E-state index contributed by atoms with van der Waals surface area (Å²) < 4.78 is 3.66. The zero-order valence-electron chi connectivity index (χ0n) is 7.84. The number of aryl methyl sites for hydroxylation is 1. The number of carbonyl (C=O) groups excluding carboxylic acids is 1. The molecule has 0 spiro atoms. The van der Waals surface area contributed by atoms with Gasteiger partial charge in [-0.1, -0.05) is 10.6 Å². The molecule has 0 atom stereocenters. The van der Waals surface area contributed by atoms with Crippen molar-refractivity contribution in [3.8, 4) is 0 Å². The number of thiophene rings is 1. The number of carbonyl (C=O) groups is 1. The molecule has 0 saturated heterocycles. The molecule has 0 unspecified atom stereocenters. The van der Waals surface area contributed by atoms with Crippen LogP contribution >= 0.6 is 22.9 Å². The molecule has 0 aromatic carbocycles. The Hall–Kier alpha value is -1.27. The lowest BCUT2D eigenvalue weighted by Crippen LogP contribution is -2.10. The first kappa shape index (κ1) is 10.3. The number of hydrogen-bond acceptors (Lipinski definition) is 5. The van der Waals surface area contributed by atoms with Gasteiger partial charge in [-0.25, -0.2) is 0 Å². The van der Waals surface area contributed by atoms with Crippen molar-refractivity contribution in [3.63, 3.8) is 0 Å².